The van der Waals surface area contributed by atoms with Gasteiger partial charge in [0.05, 0.1) is 6.61 Å². The Balaban J connectivity index is 2.21. The van der Waals surface area contributed by atoms with Crippen molar-refractivity contribution in [2.75, 3.05) is 19.7 Å². The number of hydrogen-bond donors (Lipinski definition) is 2. The van der Waals surface area contributed by atoms with Crippen LogP contribution in [0.1, 0.15) is 39.5 Å². The van der Waals surface area contributed by atoms with Crippen molar-refractivity contribution in [3.8, 4) is 0 Å². The highest BCUT2D eigenvalue weighted by atomic mass is 16.5. The number of carbonyl (C=O) groups excluding carboxylic acids is 1. The lowest BCUT2D eigenvalue weighted by Crippen LogP contribution is -2.37. The fraction of sp³-hybridized carbons (Fsp3) is 0.923. The van der Waals surface area contributed by atoms with Gasteiger partial charge in [-0.3, -0.25) is 0 Å². The fourth-order valence-corrected chi connectivity index (χ4v) is 2.37. The van der Waals surface area contributed by atoms with Crippen LogP contribution in [0.3, 0.4) is 0 Å². The molecule has 1 amide bonds. The van der Waals surface area contributed by atoms with Crippen LogP contribution in [0.15, 0.2) is 0 Å². The highest BCUT2D eigenvalue weighted by molar-refractivity contribution is 5.67. The first-order chi connectivity index (χ1) is 8.13. The number of nitrogens with two attached hydrogens (primary N) is 1. The van der Waals surface area contributed by atoms with E-state index in [1.807, 2.05) is 13.8 Å². The van der Waals surface area contributed by atoms with Crippen LogP contribution in [0.5, 0.6) is 0 Å². The zero-order chi connectivity index (χ0) is 12.7. The molecule has 1 rings (SSSR count). The summed E-state index contributed by atoms with van der Waals surface area (Å²) in [4.78, 5) is 11.4. The number of hydrogen-bond acceptors (Lipinski definition) is 3. The molecule has 0 radical (unpaired) electrons. The van der Waals surface area contributed by atoms with Crippen LogP contribution in [0.4, 0.5) is 4.79 Å². The van der Waals surface area contributed by atoms with Crippen LogP contribution >= 0.6 is 0 Å². The quantitative estimate of drug-likeness (QED) is 0.776. The molecule has 0 aromatic rings. The molecule has 4 heteroatoms. The summed E-state index contributed by atoms with van der Waals surface area (Å²) < 4.78 is 5.08. The fourth-order valence-electron chi connectivity index (χ4n) is 2.37. The first-order valence-electron chi connectivity index (χ1n) is 6.74. The van der Waals surface area contributed by atoms with Crippen molar-refractivity contribution < 1.29 is 9.53 Å². The van der Waals surface area contributed by atoms with Gasteiger partial charge in [0.2, 0.25) is 0 Å². The molecular formula is C13H26N2O2. The largest absolute Gasteiger partial charge is 0.449 e. The van der Waals surface area contributed by atoms with Gasteiger partial charge in [0.25, 0.3) is 0 Å². The normalized spacial score (nSPS) is 24.7. The molecule has 3 N–H and O–H groups in total. The van der Waals surface area contributed by atoms with Crippen molar-refractivity contribution in [1.29, 1.82) is 0 Å². The lowest BCUT2D eigenvalue weighted by molar-refractivity contribution is 0.128. The minimum absolute atomic E-state index is 0.292. The highest BCUT2D eigenvalue weighted by Gasteiger charge is 2.24. The van der Waals surface area contributed by atoms with Gasteiger partial charge in [-0.1, -0.05) is 26.7 Å². The lowest BCUT2D eigenvalue weighted by Gasteiger charge is -2.30. The van der Waals surface area contributed by atoms with Crippen molar-refractivity contribution in [3.05, 3.63) is 0 Å². The third kappa shape index (κ3) is 5.39. The van der Waals surface area contributed by atoms with Gasteiger partial charge in [-0.25, -0.2) is 4.79 Å². The molecule has 0 aromatic carbocycles. The van der Waals surface area contributed by atoms with E-state index in [1.54, 1.807) is 0 Å². The summed E-state index contributed by atoms with van der Waals surface area (Å²) in [7, 11) is 0. The molecule has 0 spiro atoms. The van der Waals surface area contributed by atoms with E-state index < -0.39 is 0 Å². The van der Waals surface area contributed by atoms with Crippen molar-refractivity contribution in [2.45, 2.75) is 39.5 Å². The van der Waals surface area contributed by atoms with Gasteiger partial charge in [0.15, 0.2) is 0 Å². The summed E-state index contributed by atoms with van der Waals surface area (Å²) >= 11 is 0. The molecule has 1 aliphatic carbocycles. The minimum Gasteiger partial charge on any atom is -0.449 e. The lowest BCUT2D eigenvalue weighted by atomic mass is 9.79. The first-order valence-corrected chi connectivity index (χ1v) is 6.74. The standard InChI is InChI=1S/C13H26N2O2/c1-10(2)9-17-13(16)15-8-12-6-4-3-5-11(12)7-14/h10-12H,3-9,14H2,1-2H3,(H,15,16). The van der Waals surface area contributed by atoms with Gasteiger partial charge in [-0.15, -0.1) is 0 Å². The second-order valence-corrected chi connectivity index (χ2v) is 5.41. The van der Waals surface area contributed by atoms with E-state index in [0.29, 0.717) is 30.9 Å². The van der Waals surface area contributed by atoms with E-state index in [1.165, 1.54) is 25.7 Å². The van der Waals surface area contributed by atoms with Crippen molar-refractivity contribution in [3.63, 3.8) is 0 Å². The Kier molecular flexibility index (Phi) is 6.34. The Morgan fingerprint density at radius 2 is 2.00 bits per heavy atom. The van der Waals surface area contributed by atoms with Gasteiger partial charge < -0.3 is 15.8 Å². The number of alkyl carbamates (subject to hydrolysis) is 1. The van der Waals surface area contributed by atoms with Gasteiger partial charge in [0, 0.05) is 6.54 Å². The zero-order valence-electron chi connectivity index (χ0n) is 11.1. The number of amides is 1. The maximum Gasteiger partial charge on any atom is 0.407 e. The average molecular weight is 242 g/mol. The van der Waals surface area contributed by atoms with E-state index in [2.05, 4.69) is 5.32 Å². The Morgan fingerprint density at radius 1 is 1.35 bits per heavy atom. The summed E-state index contributed by atoms with van der Waals surface area (Å²) in [6, 6.07) is 0. The molecule has 1 aliphatic rings. The molecule has 0 heterocycles. The molecule has 4 nitrogen and oxygen atoms in total. The average Bonchev–Trinajstić information content (AvgIpc) is 2.34. The predicted octanol–water partition coefficient (Wildman–Crippen LogP) is 2.13. The van der Waals surface area contributed by atoms with Crippen LogP contribution in [0.2, 0.25) is 0 Å². The molecule has 0 aliphatic heterocycles. The van der Waals surface area contributed by atoms with E-state index in [0.717, 1.165) is 6.54 Å². The molecule has 2 atom stereocenters. The second kappa shape index (κ2) is 7.54. The molecule has 100 valence electrons. The molecule has 17 heavy (non-hydrogen) atoms. The number of rotatable bonds is 5. The van der Waals surface area contributed by atoms with Gasteiger partial charge in [0.1, 0.15) is 0 Å². The summed E-state index contributed by atoms with van der Waals surface area (Å²) in [5, 5.41) is 2.86. The third-order valence-corrected chi connectivity index (χ3v) is 3.43. The van der Waals surface area contributed by atoms with Crippen LogP contribution in [0.25, 0.3) is 0 Å². The van der Waals surface area contributed by atoms with Crippen molar-refractivity contribution >= 4 is 6.09 Å². The summed E-state index contributed by atoms with van der Waals surface area (Å²) in [5.74, 6) is 1.47. The Morgan fingerprint density at radius 3 is 2.59 bits per heavy atom. The maximum atomic E-state index is 11.4. The molecule has 2 unspecified atom stereocenters. The van der Waals surface area contributed by atoms with E-state index in [4.69, 9.17) is 10.5 Å². The van der Waals surface area contributed by atoms with Gasteiger partial charge in [-0.2, -0.15) is 0 Å². The Hall–Kier alpha value is -0.770. The minimum atomic E-state index is -0.292. The second-order valence-electron chi connectivity index (χ2n) is 5.41. The Bertz CT molecular complexity index is 231. The smallest absolute Gasteiger partial charge is 0.407 e. The molecule has 1 saturated carbocycles. The van der Waals surface area contributed by atoms with Gasteiger partial charge in [-0.05, 0) is 37.1 Å². The highest BCUT2D eigenvalue weighted by Crippen LogP contribution is 2.28. The molecule has 0 bridgehead atoms. The third-order valence-electron chi connectivity index (χ3n) is 3.43. The van der Waals surface area contributed by atoms with Crippen molar-refractivity contribution in [2.24, 2.45) is 23.5 Å². The topological polar surface area (TPSA) is 64.3 Å². The van der Waals surface area contributed by atoms with Crippen LogP contribution in [0, 0.1) is 17.8 Å². The van der Waals surface area contributed by atoms with Crippen LogP contribution in [-0.2, 0) is 4.74 Å². The monoisotopic (exact) mass is 242 g/mol. The Labute approximate surface area is 104 Å². The van der Waals surface area contributed by atoms with Crippen LogP contribution < -0.4 is 11.1 Å². The number of nitrogens with one attached hydrogen (secondary N) is 1. The van der Waals surface area contributed by atoms with E-state index in [-0.39, 0.29) is 6.09 Å². The first kappa shape index (κ1) is 14.3. The number of ether oxygens (including phenoxy) is 1. The molecule has 1 fully saturated rings. The number of carbonyl (C=O) groups is 1. The SMILES string of the molecule is CC(C)COC(=O)NCC1CCCCC1CN. The van der Waals surface area contributed by atoms with Crippen molar-refractivity contribution in [1.82, 2.24) is 5.32 Å². The predicted molar refractivity (Wildman–Crippen MR) is 68.7 cm³/mol. The van der Waals surface area contributed by atoms with E-state index >= 15 is 0 Å². The molecule has 0 saturated heterocycles. The van der Waals surface area contributed by atoms with E-state index in [9.17, 15) is 4.79 Å². The van der Waals surface area contributed by atoms with Crippen LogP contribution in [-0.4, -0.2) is 25.8 Å². The molecular weight excluding hydrogens is 216 g/mol. The molecule has 0 aromatic heterocycles. The summed E-state index contributed by atoms with van der Waals surface area (Å²) in [5.41, 5.74) is 5.75. The summed E-state index contributed by atoms with van der Waals surface area (Å²) in [6.45, 7) is 5.97. The zero-order valence-corrected chi connectivity index (χ0v) is 11.1. The summed E-state index contributed by atoms with van der Waals surface area (Å²) in [6.07, 6.45) is 4.61. The maximum absolute atomic E-state index is 11.4. The van der Waals surface area contributed by atoms with Gasteiger partial charge >= 0.3 is 6.09 Å².